The molecule has 0 atom stereocenters. The van der Waals surface area contributed by atoms with Crippen molar-refractivity contribution in [3.8, 4) is 0 Å². The molecular weight excluding hydrogens is 289 g/mol. The fraction of sp³-hybridized carbons (Fsp3) is 0.417. The summed E-state index contributed by atoms with van der Waals surface area (Å²) in [6, 6.07) is 4.86. The number of azide groups is 1. The van der Waals surface area contributed by atoms with Crippen molar-refractivity contribution in [3.05, 3.63) is 45.8 Å². The fourth-order valence-corrected chi connectivity index (χ4v) is 1.75. The number of amides is 1. The lowest BCUT2D eigenvalue weighted by atomic mass is 10.1. The van der Waals surface area contributed by atoms with Gasteiger partial charge in [0.2, 0.25) is 5.91 Å². The Balaban J connectivity index is 2.99. The molecule has 1 N–H and O–H groups in total. The van der Waals surface area contributed by atoms with Crippen LogP contribution in [-0.4, -0.2) is 35.6 Å². The molecule has 1 rings (SSSR count). The van der Waals surface area contributed by atoms with Crippen molar-refractivity contribution >= 4 is 5.91 Å². The number of nitrogens with zero attached hydrogens (tertiary/aromatic N) is 4. The first kappa shape index (κ1) is 16.8. The Morgan fingerprint density at radius 3 is 2.62 bits per heavy atom. The average Bonchev–Trinajstić information content (AvgIpc) is 2.43. The molecule has 1 aromatic rings. The summed E-state index contributed by atoms with van der Waals surface area (Å²) in [5.74, 6) is -0.654. The van der Waals surface area contributed by atoms with Crippen molar-refractivity contribution in [1.29, 1.82) is 0 Å². The maximum atomic E-state index is 12.9. The molecule has 0 bridgehead atoms. The zero-order valence-electron chi connectivity index (χ0n) is 10.9. The second kappa shape index (κ2) is 7.51. The molecule has 1 aromatic carbocycles. The second-order valence-electron chi connectivity index (χ2n) is 4.08. The Hall–Kier alpha value is -2.25. The molecule has 0 heterocycles. The van der Waals surface area contributed by atoms with Gasteiger partial charge >= 0.3 is 6.18 Å². The van der Waals surface area contributed by atoms with Gasteiger partial charge in [0.1, 0.15) is 6.54 Å². The summed E-state index contributed by atoms with van der Waals surface area (Å²) in [5.41, 5.74) is 7.22. The molecule has 114 valence electrons. The molecule has 9 heteroatoms. The topological polar surface area (TPSA) is 89.3 Å². The molecule has 21 heavy (non-hydrogen) atoms. The standard InChI is InChI=1S/C12H13F3N4O2/c13-12(14,15)10-4-2-1-3-9(10)8-19(5-6-20)11(21)7-17-18-16/h1-4,20H,5-8H2. The zero-order chi connectivity index (χ0) is 15.9. The largest absolute Gasteiger partial charge is 0.416 e. The molecule has 0 aromatic heterocycles. The SMILES string of the molecule is [N-]=[N+]=NCC(=O)N(CCO)Cc1ccccc1C(F)(F)F. The number of hydrogen-bond donors (Lipinski definition) is 1. The van der Waals surface area contributed by atoms with Crippen LogP contribution in [0.5, 0.6) is 0 Å². The summed E-state index contributed by atoms with van der Waals surface area (Å²) in [4.78, 5) is 15.2. The molecule has 0 aliphatic heterocycles. The van der Waals surface area contributed by atoms with Gasteiger partial charge in [-0.3, -0.25) is 4.79 Å². The summed E-state index contributed by atoms with van der Waals surface area (Å²) in [5, 5.41) is 12.0. The Kier molecular flexibility index (Phi) is 6.01. The predicted octanol–water partition coefficient (Wildman–Crippen LogP) is 2.34. The summed E-state index contributed by atoms with van der Waals surface area (Å²) in [7, 11) is 0. The van der Waals surface area contributed by atoms with Crippen molar-refractivity contribution in [3.63, 3.8) is 0 Å². The van der Waals surface area contributed by atoms with Crippen LogP contribution in [0.1, 0.15) is 11.1 Å². The van der Waals surface area contributed by atoms with Gasteiger partial charge in [0, 0.05) is 18.0 Å². The van der Waals surface area contributed by atoms with Gasteiger partial charge in [0.15, 0.2) is 0 Å². The highest BCUT2D eigenvalue weighted by molar-refractivity contribution is 5.78. The minimum atomic E-state index is -4.53. The summed E-state index contributed by atoms with van der Waals surface area (Å²) < 4.78 is 38.6. The van der Waals surface area contributed by atoms with Crippen LogP contribution in [-0.2, 0) is 17.5 Å². The lowest BCUT2D eigenvalue weighted by Gasteiger charge is -2.23. The van der Waals surface area contributed by atoms with Crippen molar-refractivity contribution in [2.24, 2.45) is 5.11 Å². The molecule has 1 amide bonds. The van der Waals surface area contributed by atoms with Crippen LogP contribution < -0.4 is 0 Å². The van der Waals surface area contributed by atoms with E-state index in [2.05, 4.69) is 10.0 Å². The predicted molar refractivity (Wildman–Crippen MR) is 68.0 cm³/mol. The summed E-state index contributed by atoms with van der Waals surface area (Å²) in [6.45, 7) is -1.39. The van der Waals surface area contributed by atoms with Gasteiger partial charge in [-0.25, -0.2) is 0 Å². The maximum Gasteiger partial charge on any atom is 0.416 e. The molecule has 6 nitrogen and oxygen atoms in total. The Labute approximate surface area is 118 Å². The highest BCUT2D eigenvalue weighted by Gasteiger charge is 2.33. The van der Waals surface area contributed by atoms with E-state index in [1.165, 1.54) is 18.2 Å². The van der Waals surface area contributed by atoms with Crippen LogP contribution in [0.15, 0.2) is 29.4 Å². The Morgan fingerprint density at radius 1 is 1.38 bits per heavy atom. The molecule has 0 radical (unpaired) electrons. The molecule has 0 saturated carbocycles. The molecule has 0 aliphatic rings. The minimum Gasteiger partial charge on any atom is -0.395 e. The molecular formula is C12H13F3N4O2. The number of benzene rings is 1. The number of carbonyl (C=O) groups is 1. The van der Waals surface area contributed by atoms with Crippen LogP contribution >= 0.6 is 0 Å². The third kappa shape index (κ3) is 4.97. The van der Waals surface area contributed by atoms with E-state index in [0.29, 0.717) is 0 Å². The first-order valence-corrected chi connectivity index (χ1v) is 5.94. The monoisotopic (exact) mass is 302 g/mol. The van der Waals surface area contributed by atoms with E-state index in [1.807, 2.05) is 0 Å². The number of halogens is 3. The van der Waals surface area contributed by atoms with E-state index in [4.69, 9.17) is 10.6 Å². The molecule has 0 unspecified atom stereocenters. The van der Waals surface area contributed by atoms with Crippen molar-refractivity contribution in [2.75, 3.05) is 19.7 Å². The van der Waals surface area contributed by atoms with E-state index in [0.717, 1.165) is 11.0 Å². The van der Waals surface area contributed by atoms with Gasteiger partial charge in [-0.1, -0.05) is 23.3 Å². The Morgan fingerprint density at radius 2 is 2.05 bits per heavy atom. The van der Waals surface area contributed by atoms with E-state index < -0.39 is 30.8 Å². The highest BCUT2D eigenvalue weighted by Crippen LogP contribution is 2.32. The van der Waals surface area contributed by atoms with Gasteiger partial charge in [0.25, 0.3) is 0 Å². The van der Waals surface area contributed by atoms with Crippen molar-refractivity contribution in [2.45, 2.75) is 12.7 Å². The second-order valence-corrected chi connectivity index (χ2v) is 4.08. The smallest absolute Gasteiger partial charge is 0.395 e. The van der Waals surface area contributed by atoms with Gasteiger partial charge in [0.05, 0.1) is 12.2 Å². The van der Waals surface area contributed by atoms with Crippen LogP contribution in [0.25, 0.3) is 10.4 Å². The van der Waals surface area contributed by atoms with Crippen LogP contribution in [0.2, 0.25) is 0 Å². The number of aliphatic hydroxyl groups is 1. The number of carbonyl (C=O) groups excluding carboxylic acids is 1. The van der Waals surface area contributed by atoms with E-state index >= 15 is 0 Å². The van der Waals surface area contributed by atoms with E-state index in [1.54, 1.807) is 0 Å². The zero-order valence-corrected chi connectivity index (χ0v) is 10.9. The normalized spacial score (nSPS) is 10.9. The quantitative estimate of drug-likeness (QED) is 0.496. The van der Waals surface area contributed by atoms with Crippen LogP contribution in [0.4, 0.5) is 13.2 Å². The molecule has 0 saturated heterocycles. The van der Waals surface area contributed by atoms with Crippen LogP contribution in [0, 0.1) is 0 Å². The average molecular weight is 302 g/mol. The molecule has 0 fully saturated rings. The van der Waals surface area contributed by atoms with Crippen molar-refractivity contribution in [1.82, 2.24) is 4.90 Å². The fourth-order valence-electron chi connectivity index (χ4n) is 1.75. The van der Waals surface area contributed by atoms with Gasteiger partial charge < -0.3 is 10.0 Å². The molecule has 0 aliphatic carbocycles. The Bertz CT molecular complexity index is 542. The van der Waals surface area contributed by atoms with Gasteiger partial charge in [-0.15, -0.1) is 0 Å². The summed E-state index contributed by atoms with van der Waals surface area (Å²) >= 11 is 0. The van der Waals surface area contributed by atoms with Gasteiger partial charge in [-0.2, -0.15) is 13.2 Å². The highest BCUT2D eigenvalue weighted by atomic mass is 19.4. The minimum absolute atomic E-state index is 0.0901. The number of rotatable bonds is 6. The molecule has 0 spiro atoms. The summed E-state index contributed by atoms with van der Waals surface area (Å²) in [6.07, 6.45) is -4.53. The lowest BCUT2D eigenvalue weighted by Crippen LogP contribution is -2.35. The van der Waals surface area contributed by atoms with Gasteiger partial charge in [-0.05, 0) is 17.2 Å². The first-order chi connectivity index (χ1) is 9.90. The van der Waals surface area contributed by atoms with Crippen molar-refractivity contribution < 1.29 is 23.1 Å². The number of alkyl halides is 3. The van der Waals surface area contributed by atoms with E-state index in [-0.39, 0.29) is 18.7 Å². The third-order valence-electron chi connectivity index (χ3n) is 2.68. The lowest BCUT2D eigenvalue weighted by molar-refractivity contribution is -0.139. The van der Waals surface area contributed by atoms with E-state index in [9.17, 15) is 18.0 Å². The number of aliphatic hydroxyl groups excluding tert-OH is 1. The number of hydrogen-bond acceptors (Lipinski definition) is 3. The first-order valence-electron chi connectivity index (χ1n) is 5.94. The van der Waals surface area contributed by atoms with Crippen LogP contribution in [0.3, 0.4) is 0 Å². The maximum absolute atomic E-state index is 12.9. The third-order valence-corrected chi connectivity index (χ3v) is 2.68.